The number of hydrogen-bond acceptors (Lipinski definition) is 4. The maximum Gasteiger partial charge on any atom is 0.267 e. The Morgan fingerprint density at radius 2 is 1.67 bits per heavy atom. The van der Waals surface area contributed by atoms with Crippen molar-refractivity contribution in [1.82, 2.24) is 19.6 Å². The van der Waals surface area contributed by atoms with Gasteiger partial charge in [-0.2, -0.15) is 5.10 Å². The number of aryl methyl sites for hydroxylation is 1. The molecule has 2 aromatic carbocycles. The van der Waals surface area contributed by atoms with Crippen LogP contribution in [0.15, 0.2) is 77.6 Å². The predicted molar refractivity (Wildman–Crippen MR) is 132 cm³/mol. The Labute approximate surface area is 194 Å². The van der Waals surface area contributed by atoms with Crippen LogP contribution >= 0.6 is 0 Å². The van der Waals surface area contributed by atoms with Gasteiger partial charge in [0.05, 0.1) is 5.69 Å². The highest BCUT2D eigenvalue weighted by Crippen LogP contribution is 2.18. The van der Waals surface area contributed by atoms with Crippen LogP contribution < -0.4 is 5.56 Å². The molecule has 0 aliphatic carbocycles. The van der Waals surface area contributed by atoms with E-state index in [1.165, 1.54) is 16.3 Å². The van der Waals surface area contributed by atoms with Crippen molar-refractivity contribution in [3.05, 3.63) is 94.3 Å². The van der Waals surface area contributed by atoms with Crippen LogP contribution in [0.4, 0.5) is 0 Å². The molecule has 1 saturated heterocycles. The van der Waals surface area contributed by atoms with E-state index in [9.17, 15) is 9.59 Å². The van der Waals surface area contributed by atoms with Crippen LogP contribution in [0.2, 0.25) is 0 Å². The number of nitrogens with zero attached hydrogens (tertiary/aromatic N) is 4. The van der Waals surface area contributed by atoms with Crippen LogP contribution in [-0.2, 0) is 4.79 Å². The molecule has 170 valence electrons. The molecule has 1 unspecified atom stereocenters. The van der Waals surface area contributed by atoms with Gasteiger partial charge in [-0.1, -0.05) is 72.3 Å². The van der Waals surface area contributed by atoms with Crippen molar-refractivity contribution in [3.63, 3.8) is 0 Å². The van der Waals surface area contributed by atoms with E-state index in [1.807, 2.05) is 54.3 Å². The van der Waals surface area contributed by atoms with E-state index >= 15 is 0 Å². The monoisotopic (exact) mass is 442 g/mol. The lowest BCUT2D eigenvalue weighted by atomic mass is 10.1. The number of piperazine rings is 1. The molecular weight excluding hydrogens is 412 g/mol. The van der Waals surface area contributed by atoms with Crippen LogP contribution in [0.1, 0.15) is 24.1 Å². The number of aromatic nitrogens is 2. The summed E-state index contributed by atoms with van der Waals surface area (Å²) < 4.78 is 1.31. The topological polar surface area (TPSA) is 58.4 Å². The summed E-state index contributed by atoms with van der Waals surface area (Å²) in [7, 11) is 0. The van der Waals surface area contributed by atoms with Gasteiger partial charge in [0.25, 0.3) is 5.56 Å². The summed E-state index contributed by atoms with van der Waals surface area (Å²) in [6, 6.07) is 20.8. The number of amides is 1. The normalized spacial score (nSPS) is 15.6. The van der Waals surface area contributed by atoms with Crippen LogP contribution in [0, 0.1) is 6.92 Å². The quantitative estimate of drug-likeness (QED) is 0.585. The maximum absolute atomic E-state index is 13.1. The Morgan fingerprint density at radius 3 is 2.36 bits per heavy atom. The lowest BCUT2D eigenvalue weighted by molar-refractivity contribution is -0.136. The number of carbonyl (C=O) groups excluding carboxylic acids is 1. The van der Waals surface area contributed by atoms with E-state index in [0.717, 1.165) is 30.8 Å². The molecule has 0 saturated carbocycles. The molecule has 1 fully saturated rings. The Morgan fingerprint density at radius 1 is 0.970 bits per heavy atom. The van der Waals surface area contributed by atoms with Gasteiger partial charge in [0.15, 0.2) is 0 Å². The van der Waals surface area contributed by atoms with Crippen molar-refractivity contribution in [2.24, 2.45) is 0 Å². The first-order valence-corrected chi connectivity index (χ1v) is 11.4. The minimum absolute atomic E-state index is 0.0647. The number of hydrogen-bond donors (Lipinski definition) is 0. The second-order valence-electron chi connectivity index (χ2n) is 8.48. The molecule has 0 bridgehead atoms. The summed E-state index contributed by atoms with van der Waals surface area (Å²) >= 11 is 0. The zero-order valence-corrected chi connectivity index (χ0v) is 19.2. The first kappa shape index (κ1) is 22.7. The van der Waals surface area contributed by atoms with Gasteiger partial charge in [-0.3, -0.25) is 14.5 Å². The number of carbonyl (C=O) groups is 1. The smallest absolute Gasteiger partial charge is 0.267 e. The molecule has 0 spiro atoms. The highest BCUT2D eigenvalue weighted by molar-refractivity contribution is 5.80. The lowest BCUT2D eigenvalue weighted by Gasteiger charge is -2.35. The maximum atomic E-state index is 13.1. The summed E-state index contributed by atoms with van der Waals surface area (Å²) in [5.41, 5.74) is 3.68. The van der Waals surface area contributed by atoms with E-state index in [2.05, 4.69) is 34.3 Å². The van der Waals surface area contributed by atoms with Crippen LogP contribution in [0.5, 0.6) is 0 Å². The molecule has 0 radical (unpaired) electrons. The van der Waals surface area contributed by atoms with Crippen molar-refractivity contribution in [2.45, 2.75) is 19.9 Å². The molecule has 1 amide bonds. The second kappa shape index (κ2) is 10.4. The van der Waals surface area contributed by atoms with E-state index in [0.29, 0.717) is 18.8 Å². The van der Waals surface area contributed by atoms with Crippen molar-refractivity contribution in [2.75, 3.05) is 32.7 Å². The molecule has 33 heavy (non-hydrogen) atoms. The summed E-state index contributed by atoms with van der Waals surface area (Å²) in [5.74, 6) is -0.0647. The predicted octanol–water partition coefficient (Wildman–Crippen LogP) is 3.64. The summed E-state index contributed by atoms with van der Waals surface area (Å²) in [4.78, 5) is 29.8. The van der Waals surface area contributed by atoms with Crippen molar-refractivity contribution in [1.29, 1.82) is 0 Å². The zero-order chi connectivity index (χ0) is 23.2. The molecule has 6 heteroatoms. The fourth-order valence-corrected chi connectivity index (χ4v) is 4.00. The molecular formula is C27H30N4O2. The molecule has 2 heterocycles. The lowest BCUT2D eigenvalue weighted by Crippen LogP contribution is -2.51. The van der Waals surface area contributed by atoms with Gasteiger partial charge in [0, 0.05) is 44.4 Å². The molecule has 4 rings (SSSR count). The zero-order valence-electron chi connectivity index (χ0n) is 19.2. The first-order valence-electron chi connectivity index (χ1n) is 11.4. The third-order valence-corrected chi connectivity index (χ3v) is 6.05. The molecule has 0 N–H and O–H groups in total. The van der Waals surface area contributed by atoms with E-state index < -0.39 is 6.04 Å². The van der Waals surface area contributed by atoms with Gasteiger partial charge in [-0.05, 0) is 25.5 Å². The van der Waals surface area contributed by atoms with Gasteiger partial charge < -0.3 is 4.90 Å². The van der Waals surface area contributed by atoms with E-state index in [-0.39, 0.29) is 11.5 Å². The van der Waals surface area contributed by atoms with Gasteiger partial charge in [0.2, 0.25) is 5.91 Å². The molecule has 1 aromatic heterocycles. The summed E-state index contributed by atoms with van der Waals surface area (Å²) in [6.07, 6.45) is 4.29. The van der Waals surface area contributed by atoms with Crippen LogP contribution in [0.25, 0.3) is 17.3 Å². The van der Waals surface area contributed by atoms with Gasteiger partial charge in [-0.15, -0.1) is 0 Å². The summed E-state index contributed by atoms with van der Waals surface area (Å²) in [5, 5.41) is 4.51. The SMILES string of the molecule is Cc1ccc(-c2ccc(=O)n(C(C)C(=O)N3CCN(C/C=C/c4ccccc4)CC3)n2)cc1. The van der Waals surface area contributed by atoms with E-state index in [1.54, 1.807) is 13.0 Å². The van der Waals surface area contributed by atoms with Gasteiger partial charge in [0.1, 0.15) is 6.04 Å². The van der Waals surface area contributed by atoms with Crippen LogP contribution in [0.3, 0.4) is 0 Å². The standard InChI is InChI=1S/C27H30N4O2/c1-21-10-12-24(13-11-21)25-14-15-26(32)31(28-25)22(2)27(33)30-19-17-29(18-20-30)16-6-9-23-7-4-3-5-8-23/h3-15,22H,16-20H2,1-2H3/b9-6+. The largest absolute Gasteiger partial charge is 0.338 e. The van der Waals surface area contributed by atoms with Crippen LogP contribution in [-0.4, -0.2) is 58.2 Å². The number of benzene rings is 2. The van der Waals surface area contributed by atoms with Crippen molar-refractivity contribution < 1.29 is 4.79 Å². The third kappa shape index (κ3) is 5.65. The highest BCUT2D eigenvalue weighted by atomic mass is 16.2. The van der Waals surface area contributed by atoms with E-state index in [4.69, 9.17) is 0 Å². The molecule has 1 atom stereocenters. The number of rotatable bonds is 6. The fourth-order valence-electron chi connectivity index (χ4n) is 4.00. The fraction of sp³-hybridized carbons (Fsp3) is 0.296. The molecule has 1 aliphatic heterocycles. The average molecular weight is 443 g/mol. The second-order valence-corrected chi connectivity index (χ2v) is 8.48. The van der Waals surface area contributed by atoms with Crippen molar-refractivity contribution in [3.8, 4) is 11.3 Å². The Hall–Kier alpha value is -3.51. The summed E-state index contributed by atoms with van der Waals surface area (Å²) in [6.45, 7) is 7.55. The first-order chi connectivity index (χ1) is 16.0. The Bertz CT molecular complexity index is 1160. The molecule has 6 nitrogen and oxygen atoms in total. The van der Waals surface area contributed by atoms with Crippen molar-refractivity contribution >= 4 is 12.0 Å². The van der Waals surface area contributed by atoms with Gasteiger partial charge in [-0.25, -0.2) is 4.68 Å². The van der Waals surface area contributed by atoms with Gasteiger partial charge >= 0.3 is 0 Å². The minimum atomic E-state index is -0.646. The molecule has 3 aromatic rings. The minimum Gasteiger partial charge on any atom is -0.338 e. The third-order valence-electron chi connectivity index (χ3n) is 6.05. The Balaban J connectivity index is 1.37. The Kier molecular flexibility index (Phi) is 7.15. The highest BCUT2D eigenvalue weighted by Gasteiger charge is 2.26. The average Bonchev–Trinajstić information content (AvgIpc) is 2.85. The molecule has 1 aliphatic rings.